The van der Waals surface area contributed by atoms with E-state index in [4.69, 9.17) is 10.6 Å². The van der Waals surface area contributed by atoms with Crippen LogP contribution in [0, 0.1) is 0 Å². The monoisotopic (exact) mass is 213 g/mol. The van der Waals surface area contributed by atoms with Crippen LogP contribution in [0.1, 0.15) is 5.56 Å². The van der Waals surface area contributed by atoms with Gasteiger partial charge in [-0.05, 0) is 24.3 Å². The summed E-state index contributed by atoms with van der Waals surface area (Å²) >= 11 is 1.68. The lowest BCUT2D eigenvalue weighted by molar-refractivity contribution is 0.141. The first-order valence-electron chi connectivity index (χ1n) is 4.35. The van der Waals surface area contributed by atoms with Crippen LogP contribution < -0.4 is 10.6 Å². The fourth-order valence-corrected chi connectivity index (χ4v) is 2.10. The molecule has 1 aromatic rings. The Bertz CT molecular complexity index is 291. The highest BCUT2D eigenvalue weighted by atomic mass is 32.2. The third-order valence-corrected chi connectivity index (χ3v) is 2.85. The van der Waals surface area contributed by atoms with E-state index < -0.39 is 0 Å². The summed E-state index contributed by atoms with van der Waals surface area (Å²) in [6, 6.07) is 6.00. The number of ether oxygens (including phenoxy) is 1. The minimum absolute atomic E-state index is 0.528. The second kappa shape index (κ2) is 5.90. The van der Waals surface area contributed by atoms with Crippen molar-refractivity contribution in [3.63, 3.8) is 0 Å². The van der Waals surface area contributed by atoms with E-state index in [2.05, 4.69) is 10.9 Å². The summed E-state index contributed by atoms with van der Waals surface area (Å²) in [4.78, 5) is 5.73. The number of rotatable bonds is 5. The maximum Gasteiger partial charge on any atom is 0.132 e. The van der Waals surface area contributed by atoms with E-state index in [0.29, 0.717) is 6.61 Å². The Morgan fingerprint density at radius 3 is 2.79 bits per heavy atom. The zero-order valence-corrected chi connectivity index (χ0v) is 9.26. The molecule has 0 atom stereocenters. The van der Waals surface area contributed by atoms with Gasteiger partial charge in [0.2, 0.25) is 0 Å². The van der Waals surface area contributed by atoms with Crippen molar-refractivity contribution in [2.45, 2.75) is 11.3 Å². The highest BCUT2D eigenvalue weighted by molar-refractivity contribution is 7.98. The van der Waals surface area contributed by atoms with Crippen molar-refractivity contribution >= 4 is 11.8 Å². The van der Waals surface area contributed by atoms with Gasteiger partial charge in [0.25, 0.3) is 0 Å². The molecule has 0 radical (unpaired) electrons. The normalized spacial score (nSPS) is 10.2. The molecular weight excluding hydrogens is 198 g/mol. The number of thioether (sulfide) groups is 1. The molecule has 0 aliphatic carbocycles. The van der Waals surface area contributed by atoms with Crippen molar-refractivity contribution < 1.29 is 9.57 Å². The molecule has 0 aliphatic rings. The van der Waals surface area contributed by atoms with Crippen molar-refractivity contribution in [2.24, 2.45) is 5.90 Å². The number of methoxy groups -OCH3 is 1. The van der Waals surface area contributed by atoms with Gasteiger partial charge in [-0.15, -0.1) is 11.8 Å². The lowest BCUT2D eigenvalue weighted by Crippen LogP contribution is -2.04. The van der Waals surface area contributed by atoms with Gasteiger partial charge in [-0.3, -0.25) is 0 Å². The second-order valence-corrected chi connectivity index (χ2v) is 3.59. The molecule has 0 fully saturated rings. The van der Waals surface area contributed by atoms with Crippen LogP contribution >= 0.6 is 11.8 Å². The molecule has 2 N–H and O–H groups in total. The molecule has 4 heteroatoms. The van der Waals surface area contributed by atoms with Crippen molar-refractivity contribution in [2.75, 3.05) is 20.0 Å². The summed E-state index contributed by atoms with van der Waals surface area (Å²) in [5.74, 6) is 5.91. The number of hydrogen-bond acceptors (Lipinski definition) is 4. The summed E-state index contributed by atoms with van der Waals surface area (Å²) in [6.07, 6.45) is 2.84. The van der Waals surface area contributed by atoms with Gasteiger partial charge < -0.3 is 9.57 Å². The standard InChI is InChI=1S/C10H15NO2S/c1-12-9-5-3-4-8(6-7-13-11)10(9)14-2/h3-5H,6-7,11H2,1-2H3. The van der Waals surface area contributed by atoms with E-state index >= 15 is 0 Å². The van der Waals surface area contributed by atoms with E-state index in [-0.39, 0.29) is 0 Å². The zero-order chi connectivity index (χ0) is 10.4. The fraction of sp³-hybridized carbons (Fsp3) is 0.400. The quantitative estimate of drug-likeness (QED) is 0.599. The molecule has 0 bridgehead atoms. The first-order chi connectivity index (χ1) is 6.83. The van der Waals surface area contributed by atoms with Crippen LogP contribution in [0.25, 0.3) is 0 Å². The van der Waals surface area contributed by atoms with Crippen LogP contribution in [0.2, 0.25) is 0 Å². The van der Waals surface area contributed by atoms with Gasteiger partial charge in [0, 0.05) is 0 Å². The highest BCUT2D eigenvalue weighted by Crippen LogP contribution is 2.31. The molecule has 0 unspecified atom stereocenters. The van der Waals surface area contributed by atoms with Gasteiger partial charge in [-0.2, -0.15) is 0 Å². The van der Waals surface area contributed by atoms with E-state index in [9.17, 15) is 0 Å². The van der Waals surface area contributed by atoms with Crippen LogP contribution in [-0.2, 0) is 11.3 Å². The molecule has 0 aromatic heterocycles. The predicted molar refractivity (Wildman–Crippen MR) is 58.6 cm³/mol. The molecule has 1 rings (SSSR count). The third-order valence-electron chi connectivity index (χ3n) is 1.97. The molecule has 1 aromatic carbocycles. The minimum atomic E-state index is 0.528. The van der Waals surface area contributed by atoms with Gasteiger partial charge in [0.15, 0.2) is 0 Å². The minimum Gasteiger partial charge on any atom is -0.496 e. The van der Waals surface area contributed by atoms with E-state index in [1.807, 2.05) is 18.4 Å². The average Bonchev–Trinajstić information content (AvgIpc) is 2.25. The zero-order valence-electron chi connectivity index (χ0n) is 8.45. The first kappa shape index (κ1) is 11.4. The lowest BCUT2D eigenvalue weighted by atomic mass is 10.1. The van der Waals surface area contributed by atoms with Crippen molar-refractivity contribution in [1.29, 1.82) is 0 Å². The summed E-state index contributed by atoms with van der Waals surface area (Å²) in [6.45, 7) is 0.528. The lowest BCUT2D eigenvalue weighted by Gasteiger charge is -2.10. The number of nitrogens with two attached hydrogens (primary N) is 1. The Hall–Kier alpha value is -0.710. The molecule has 0 saturated heterocycles. The fourth-order valence-electron chi connectivity index (χ4n) is 1.32. The summed E-state index contributed by atoms with van der Waals surface area (Å²) in [5.41, 5.74) is 1.21. The van der Waals surface area contributed by atoms with Crippen molar-refractivity contribution in [1.82, 2.24) is 0 Å². The molecule has 0 spiro atoms. The van der Waals surface area contributed by atoms with E-state index in [0.717, 1.165) is 17.1 Å². The van der Waals surface area contributed by atoms with Crippen molar-refractivity contribution in [3.8, 4) is 5.75 Å². The van der Waals surface area contributed by atoms with Crippen LogP contribution in [0.3, 0.4) is 0 Å². The maximum absolute atomic E-state index is 5.26. The molecule has 3 nitrogen and oxygen atoms in total. The Morgan fingerprint density at radius 1 is 1.43 bits per heavy atom. The largest absolute Gasteiger partial charge is 0.496 e. The second-order valence-electron chi connectivity index (χ2n) is 2.77. The molecule has 0 aliphatic heterocycles. The topological polar surface area (TPSA) is 44.5 Å². The van der Waals surface area contributed by atoms with Gasteiger partial charge in [0.1, 0.15) is 5.75 Å². The van der Waals surface area contributed by atoms with Gasteiger partial charge >= 0.3 is 0 Å². The SMILES string of the molecule is COc1cccc(CCON)c1SC. The molecular formula is C10H15NO2S. The Kier molecular flexibility index (Phi) is 4.79. The van der Waals surface area contributed by atoms with Crippen LogP contribution in [0.4, 0.5) is 0 Å². The van der Waals surface area contributed by atoms with Crippen LogP contribution in [0.15, 0.2) is 23.1 Å². The van der Waals surface area contributed by atoms with E-state index in [1.165, 1.54) is 5.56 Å². The molecule has 0 saturated carbocycles. The van der Waals surface area contributed by atoms with Crippen LogP contribution in [-0.4, -0.2) is 20.0 Å². The summed E-state index contributed by atoms with van der Waals surface area (Å²) in [7, 11) is 1.68. The van der Waals surface area contributed by atoms with Gasteiger partial charge in [0.05, 0.1) is 18.6 Å². The first-order valence-corrected chi connectivity index (χ1v) is 5.57. The molecule has 14 heavy (non-hydrogen) atoms. The molecule has 0 heterocycles. The summed E-state index contributed by atoms with van der Waals surface area (Å²) in [5, 5.41) is 0. The maximum atomic E-state index is 5.26. The van der Waals surface area contributed by atoms with Gasteiger partial charge in [-0.1, -0.05) is 12.1 Å². The third kappa shape index (κ3) is 2.64. The number of benzene rings is 1. The highest BCUT2D eigenvalue weighted by Gasteiger charge is 2.06. The Morgan fingerprint density at radius 2 is 2.21 bits per heavy atom. The molecule has 78 valence electrons. The van der Waals surface area contributed by atoms with Gasteiger partial charge in [-0.25, -0.2) is 5.90 Å². The Balaban J connectivity index is 2.90. The van der Waals surface area contributed by atoms with E-state index in [1.54, 1.807) is 18.9 Å². The molecule has 0 amide bonds. The smallest absolute Gasteiger partial charge is 0.132 e. The average molecular weight is 213 g/mol. The summed E-state index contributed by atoms with van der Waals surface area (Å²) < 4.78 is 5.26. The Labute approximate surface area is 88.5 Å². The van der Waals surface area contributed by atoms with Crippen LogP contribution in [0.5, 0.6) is 5.75 Å². The van der Waals surface area contributed by atoms with Crippen molar-refractivity contribution in [3.05, 3.63) is 23.8 Å². The number of hydrogen-bond donors (Lipinski definition) is 1. The predicted octanol–water partition coefficient (Wildman–Crippen LogP) is 1.85.